The molecule has 0 aliphatic heterocycles. The van der Waals surface area contributed by atoms with Gasteiger partial charge >= 0.3 is 6.18 Å². The van der Waals surface area contributed by atoms with E-state index in [1.165, 1.54) is 12.1 Å². The first kappa shape index (κ1) is 20.6. The molecule has 1 aromatic heterocycles. The highest BCUT2D eigenvalue weighted by molar-refractivity contribution is 5.97. The van der Waals surface area contributed by atoms with E-state index in [1.807, 2.05) is 26.0 Å². The Labute approximate surface area is 166 Å². The van der Waals surface area contributed by atoms with E-state index in [-0.39, 0.29) is 18.2 Å². The van der Waals surface area contributed by atoms with E-state index in [9.17, 15) is 18.0 Å². The van der Waals surface area contributed by atoms with Crippen LogP contribution in [0.2, 0.25) is 0 Å². The van der Waals surface area contributed by atoms with Crippen LogP contribution < -0.4 is 11.1 Å². The van der Waals surface area contributed by atoms with Crippen molar-refractivity contribution in [2.75, 3.05) is 11.1 Å². The average molecular weight is 401 g/mol. The molecule has 3 N–H and O–H groups in total. The number of fused-ring (bicyclic) bond motifs is 1. The van der Waals surface area contributed by atoms with Crippen molar-refractivity contribution in [2.24, 2.45) is 0 Å². The van der Waals surface area contributed by atoms with Crippen molar-refractivity contribution in [2.45, 2.75) is 38.8 Å². The van der Waals surface area contributed by atoms with Gasteiger partial charge in [-0.15, -0.1) is 0 Å². The molecule has 0 aliphatic carbocycles. The molecule has 2 aromatic carbocycles. The van der Waals surface area contributed by atoms with Crippen molar-refractivity contribution in [3.8, 4) is 0 Å². The summed E-state index contributed by atoms with van der Waals surface area (Å²) in [5, 5.41) is 3.56. The minimum atomic E-state index is -4.36. The second-order valence-corrected chi connectivity index (χ2v) is 7.27. The van der Waals surface area contributed by atoms with E-state index in [0.717, 1.165) is 28.7 Å². The summed E-state index contributed by atoms with van der Waals surface area (Å²) >= 11 is 0. The SMILES string of the molecule is CC(C)c1cc(N)c2cc(NC(=O)CCc3ccc(C(F)(F)F)cc3)ccc2n1. The summed E-state index contributed by atoms with van der Waals surface area (Å²) in [6.07, 6.45) is -3.86. The average Bonchev–Trinajstić information content (AvgIpc) is 2.66. The molecule has 1 heterocycles. The number of nitrogens with two attached hydrogens (primary N) is 1. The monoisotopic (exact) mass is 401 g/mol. The molecule has 3 aromatic rings. The number of hydrogen-bond donors (Lipinski definition) is 2. The molecule has 0 fully saturated rings. The van der Waals surface area contributed by atoms with Gasteiger partial charge in [-0.2, -0.15) is 13.2 Å². The van der Waals surface area contributed by atoms with Gasteiger partial charge in [-0.3, -0.25) is 9.78 Å². The van der Waals surface area contributed by atoms with Gasteiger partial charge in [0.2, 0.25) is 5.91 Å². The number of alkyl halides is 3. The third-order valence-electron chi connectivity index (χ3n) is 4.66. The van der Waals surface area contributed by atoms with Crippen LogP contribution in [0.5, 0.6) is 0 Å². The Hall–Kier alpha value is -3.09. The summed E-state index contributed by atoms with van der Waals surface area (Å²) in [5.41, 5.74) is 8.97. The quantitative estimate of drug-likeness (QED) is 0.591. The van der Waals surface area contributed by atoms with Gasteiger partial charge < -0.3 is 11.1 Å². The van der Waals surface area contributed by atoms with Crippen LogP contribution in [0.4, 0.5) is 24.5 Å². The van der Waals surface area contributed by atoms with Crippen molar-refractivity contribution in [3.05, 3.63) is 65.4 Å². The Morgan fingerprint density at radius 1 is 1.10 bits per heavy atom. The second-order valence-electron chi connectivity index (χ2n) is 7.27. The Balaban J connectivity index is 1.65. The smallest absolute Gasteiger partial charge is 0.398 e. The molecular weight excluding hydrogens is 379 g/mol. The third-order valence-corrected chi connectivity index (χ3v) is 4.66. The van der Waals surface area contributed by atoms with Gasteiger partial charge in [-0.05, 0) is 54.3 Å². The Bertz CT molecular complexity index is 1030. The lowest BCUT2D eigenvalue weighted by atomic mass is 10.1. The van der Waals surface area contributed by atoms with Crippen molar-refractivity contribution < 1.29 is 18.0 Å². The molecule has 4 nitrogen and oxygen atoms in total. The summed E-state index contributed by atoms with van der Waals surface area (Å²) in [6, 6.07) is 12.0. The number of carbonyl (C=O) groups excluding carboxylic acids is 1. The number of pyridine rings is 1. The zero-order chi connectivity index (χ0) is 21.2. The molecule has 0 unspecified atom stereocenters. The van der Waals surface area contributed by atoms with Crippen molar-refractivity contribution in [3.63, 3.8) is 0 Å². The molecule has 0 saturated heterocycles. The number of carbonyl (C=O) groups is 1. The minimum absolute atomic E-state index is 0.156. The highest BCUT2D eigenvalue weighted by Gasteiger charge is 2.29. The highest BCUT2D eigenvalue weighted by atomic mass is 19.4. The standard InChI is InChI=1S/C22H22F3N3O/c1-13(2)20-12-18(26)17-11-16(8-9-19(17)28-20)27-21(29)10-5-14-3-6-15(7-4-14)22(23,24)25/h3-4,6-9,11-13H,5,10H2,1-2H3,(H2,26,28)(H,27,29). The normalized spacial score (nSPS) is 11.8. The number of halogens is 3. The molecule has 3 rings (SSSR count). The fourth-order valence-corrected chi connectivity index (χ4v) is 2.99. The number of anilines is 2. The van der Waals surface area contributed by atoms with E-state index in [0.29, 0.717) is 23.4 Å². The Morgan fingerprint density at radius 2 is 1.79 bits per heavy atom. The van der Waals surface area contributed by atoms with Gasteiger partial charge in [0.15, 0.2) is 0 Å². The summed E-state index contributed by atoms with van der Waals surface area (Å²) in [7, 11) is 0. The van der Waals surface area contributed by atoms with Crippen molar-refractivity contribution >= 4 is 28.2 Å². The van der Waals surface area contributed by atoms with Crippen LogP contribution in [0.3, 0.4) is 0 Å². The van der Waals surface area contributed by atoms with Crippen LogP contribution in [0.15, 0.2) is 48.5 Å². The zero-order valence-corrected chi connectivity index (χ0v) is 16.2. The molecule has 152 valence electrons. The van der Waals surface area contributed by atoms with E-state index in [4.69, 9.17) is 5.73 Å². The van der Waals surface area contributed by atoms with Crippen molar-refractivity contribution in [1.82, 2.24) is 4.98 Å². The van der Waals surface area contributed by atoms with Crippen LogP contribution in [-0.4, -0.2) is 10.9 Å². The number of amides is 1. The number of hydrogen-bond acceptors (Lipinski definition) is 3. The number of aromatic nitrogens is 1. The Kier molecular flexibility index (Phi) is 5.77. The first-order chi connectivity index (χ1) is 13.6. The topological polar surface area (TPSA) is 68.0 Å². The van der Waals surface area contributed by atoms with E-state index in [1.54, 1.807) is 12.1 Å². The molecular formula is C22H22F3N3O. The predicted molar refractivity (Wildman–Crippen MR) is 109 cm³/mol. The molecule has 0 saturated carbocycles. The molecule has 0 aliphatic rings. The molecule has 0 atom stereocenters. The van der Waals surface area contributed by atoms with Gasteiger partial charge in [0.1, 0.15) is 0 Å². The van der Waals surface area contributed by atoms with Crippen LogP contribution in [-0.2, 0) is 17.4 Å². The van der Waals surface area contributed by atoms with Crippen LogP contribution in [0, 0.1) is 0 Å². The van der Waals surface area contributed by atoms with E-state index in [2.05, 4.69) is 10.3 Å². The highest BCUT2D eigenvalue weighted by Crippen LogP contribution is 2.29. The lowest BCUT2D eigenvalue weighted by molar-refractivity contribution is -0.137. The van der Waals surface area contributed by atoms with Gasteiger partial charge in [-0.25, -0.2) is 0 Å². The summed E-state index contributed by atoms with van der Waals surface area (Å²) < 4.78 is 37.8. The van der Waals surface area contributed by atoms with E-state index >= 15 is 0 Å². The van der Waals surface area contributed by atoms with Crippen molar-refractivity contribution in [1.29, 1.82) is 0 Å². The van der Waals surface area contributed by atoms with Gasteiger partial charge in [-0.1, -0.05) is 26.0 Å². The molecule has 1 amide bonds. The molecule has 0 bridgehead atoms. The van der Waals surface area contributed by atoms with Gasteiger partial charge in [0, 0.05) is 28.9 Å². The second kappa shape index (κ2) is 8.11. The number of nitrogens with one attached hydrogen (secondary N) is 1. The number of nitrogens with zero attached hydrogens (tertiary/aromatic N) is 1. The largest absolute Gasteiger partial charge is 0.416 e. The summed E-state index contributed by atoms with van der Waals surface area (Å²) in [5.74, 6) is 0.0286. The number of aryl methyl sites for hydroxylation is 1. The number of nitrogen functional groups attached to an aromatic ring is 1. The third kappa shape index (κ3) is 5.04. The number of rotatable bonds is 5. The van der Waals surface area contributed by atoms with Crippen LogP contribution in [0.25, 0.3) is 10.9 Å². The van der Waals surface area contributed by atoms with Crippen LogP contribution >= 0.6 is 0 Å². The Morgan fingerprint density at radius 3 is 2.41 bits per heavy atom. The fraction of sp³-hybridized carbons (Fsp3) is 0.273. The maximum Gasteiger partial charge on any atom is 0.416 e. The zero-order valence-electron chi connectivity index (χ0n) is 16.2. The van der Waals surface area contributed by atoms with Gasteiger partial charge in [0.25, 0.3) is 0 Å². The summed E-state index contributed by atoms with van der Waals surface area (Å²) in [6.45, 7) is 4.08. The molecule has 29 heavy (non-hydrogen) atoms. The molecule has 7 heteroatoms. The van der Waals surface area contributed by atoms with Gasteiger partial charge in [0.05, 0.1) is 11.1 Å². The first-order valence-electron chi connectivity index (χ1n) is 9.29. The first-order valence-corrected chi connectivity index (χ1v) is 9.29. The fourth-order valence-electron chi connectivity index (χ4n) is 2.99. The lowest BCUT2D eigenvalue weighted by Gasteiger charge is -2.11. The summed E-state index contributed by atoms with van der Waals surface area (Å²) in [4.78, 5) is 16.8. The number of benzene rings is 2. The maximum absolute atomic E-state index is 12.6. The van der Waals surface area contributed by atoms with Crippen LogP contribution in [0.1, 0.15) is 43.0 Å². The predicted octanol–water partition coefficient (Wildman–Crippen LogP) is 5.53. The van der Waals surface area contributed by atoms with E-state index < -0.39 is 11.7 Å². The maximum atomic E-state index is 12.6. The minimum Gasteiger partial charge on any atom is -0.398 e. The lowest BCUT2D eigenvalue weighted by Crippen LogP contribution is -2.12. The molecule has 0 spiro atoms. The molecule has 0 radical (unpaired) electrons.